The van der Waals surface area contributed by atoms with Crippen LogP contribution in [0, 0.1) is 5.82 Å². The summed E-state index contributed by atoms with van der Waals surface area (Å²) in [6.07, 6.45) is 0. The van der Waals surface area contributed by atoms with Crippen molar-refractivity contribution in [1.82, 2.24) is 4.98 Å². The Morgan fingerprint density at radius 2 is 1.68 bits per heavy atom. The lowest BCUT2D eigenvalue weighted by Gasteiger charge is -2.01. The van der Waals surface area contributed by atoms with Gasteiger partial charge < -0.3 is 5.32 Å². The first-order valence-corrected chi connectivity index (χ1v) is 8.54. The summed E-state index contributed by atoms with van der Waals surface area (Å²) >= 11 is 1.49. The molecule has 1 N–H and O–H groups in total. The summed E-state index contributed by atoms with van der Waals surface area (Å²) in [6.45, 7) is 0. The van der Waals surface area contributed by atoms with E-state index in [0.29, 0.717) is 16.3 Å². The van der Waals surface area contributed by atoms with Crippen molar-refractivity contribution in [1.29, 1.82) is 0 Å². The second kappa shape index (κ2) is 6.45. The van der Waals surface area contributed by atoms with Crippen molar-refractivity contribution < 1.29 is 9.18 Å². The van der Waals surface area contributed by atoms with Gasteiger partial charge in [-0.3, -0.25) is 4.79 Å². The van der Waals surface area contributed by atoms with Crippen LogP contribution < -0.4 is 5.32 Å². The Morgan fingerprint density at radius 3 is 2.44 bits per heavy atom. The molecule has 0 fully saturated rings. The molecule has 0 unspecified atom stereocenters. The third-order valence-electron chi connectivity index (χ3n) is 3.78. The number of hydrogen-bond acceptors (Lipinski definition) is 4. The van der Waals surface area contributed by atoms with E-state index in [9.17, 15) is 9.18 Å². The van der Waals surface area contributed by atoms with Gasteiger partial charge in [-0.1, -0.05) is 41.7 Å². The molecule has 0 aliphatic heterocycles. The first-order chi connectivity index (χ1) is 12.2. The lowest BCUT2D eigenvalue weighted by molar-refractivity contribution is 0.103. The van der Waals surface area contributed by atoms with Gasteiger partial charge in [0, 0.05) is 16.8 Å². The smallest absolute Gasteiger partial charge is 0.193 e. The number of halogens is 1. The van der Waals surface area contributed by atoms with Gasteiger partial charge >= 0.3 is 0 Å². The number of ketones is 1. The van der Waals surface area contributed by atoms with Crippen LogP contribution in [0.3, 0.4) is 0 Å². The van der Waals surface area contributed by atoms with Crippen LogP contribution in [0.15, 0.2) is 72.8 Å². The highest BCUT2D eigenvalue weighted by Crippen LogP contribution is 2.29. The Balaban J connectivity index is 1.63. The summed E-state index contributed by atoms with van der Waals surface area (Å²) in [5, 5.41) is 3.86. The predicted molar refractivity (Wildman–Crippen MR) is 99.2 cm³/mol. The summed E-state index contributed by atoms with van der Waals surface area (Å²) in [5.74, 6) is -0.303. The quantitative estimate of drug-likeness (QED) is 0.501. The molecule has 3 nitrogen and oxygen atoms in total. The van der Waals surface area contributed by atoms with Crippen LogP contribution in [-0.4, -0.2) is 10.8 Å². The van der Waals surface area contributed by atoms with Gasteiger partial charge in [0.2, 0.25) is 0 Å². The van der Waals surface area contributed by atoms with Crippen LogP contribution in [0.25, 0.3) is 10.2 Å². The van der Waals surface area contributed by atoms with Crippen LogP contribution in [-0.2, 0) is 0 Å². The van der Waals surface area contributed by atoms with Crippen LogP contribution in [0.1, 0.15) is 15.9 Å². The number of benzene rings is 3. The first kappa shape index (κ1) is 15.5. The Morgan fingerprint density at radius 1 is 0.920 bits per heavy atom. The Hall–Kier alpha value is -3.05. The topological polar surface area (TPSA) is 42.0 Å². The van der Waals surface area contributed by atoms with Crippen molar-refractivity contribution in [2.75, 3.05) is 5.32 Å². The molecule has 25 heavy (non-hydrogen) atoms. The van der Waals surface area contributed by atoms with Crippen molar-refractivity contribution in [3.8, 4) is 0 Å². The van der Waals surface area contributed by atoms with E-state index >= 15 is 0 Å². The number of anilines is 2. The van der Waals surface area contributed by atoms with Crippen LogP contribution in [0.2, 0.25) is 0 Å². The van der Waals surface area contributed by atoms with Crippen molar-refractivity contribution in [3.05, 3.63) is 89.7 Å². The highest BCUT2D eigenvalue weighted by Gasteiger charge is 2.11. The molecule has 0 saturated heterocycles. The maximum atomic E-state index is 13.0. The fraction of sp³-hybridized carbons (Fsp3) is 0. The van der Waals surface area contributed by atoms with Gasteiger partial charge in [0.05, 0.1) is 10.2 Å². The van der Waals surface area contributed by atoms with Crippen molar-refractivity contribution in [2.24, 2.45) is 0 Å². The second-order valence-electron chi connectivity index (χ2n) is 5.53. The number of nitrogens with zero attached hydrogens (tertiary/aromatic N) is 1. The van der Waals surface area contributed by atoms with E-state index in [-0.39, 0.29) is 11.6 Å². The molecule has 0 amide bonds. The predicted octanol–water partition coefficient (Wildman–Crippen LogP) is 5.41. The summed E-state index contributed by atoms with van der Waals surface area (Å²) in [5.41, 5.74) is 2.79. The van der Waals surface area contributed by atoms with Crippen molar-refractivity contribution >= 4 is 38.2 Å². The maximum Gasteiger partial charge on any atom is 0.193 e. The van der Waals surface area contributed by atoms with E-state index in [1.54, 1.807) is 30.3 Å². The monoisotopic (exact) mass is 348 g/mol. The molecule has 0 aliphatic carbocycles. The molecule has 0 bridgehead atoms. The molecule has 5 heteroatoms. The van der Waals surface area contributed by atoms with Crippen LogP contribution in [0.5, 0.6) is 0 Å². The SMILES string of the molecule is O=C(c1ccccc1)c1ccc2sc(Nc3ccc(F)cc3)nc2c1. The standard InChI is InChI=1S/C20H13FN2OS/c21-15-7-9-16(10-8-15)22-20-23-17-12-14(6-11-18(17)25-20)19(24)13-4-2-1-3-5-13/h1-12H,(H,22,23). The van der Waals surface area contributed by atoms with Crippen LogP contribution >= 0.6 is 11.3 Å². The number of fused-ring (bicyclic) bond motifs is 1. The summed E-state index contributed by atoms with van der Waals surface area (Å²) in [6, 6.07) is 20.8. The van der Waals surface area contributed by atoms with E-state index in [1.807, 2.05) is 30.3 Å². The van der Waals surface area contributed by atoms with Gasteiger partial charge in [0.25, 0.3) is 0 Å². The van der Waals surface area contributed by atoms with E-state index in [2.05, 4.69) is 10.3 Å². The number of aromatic nitrogens is 1. The fourth-order valence-electron chi connectivity index (χ4n) is 2.54. The third-order valence-corrected chi connectivity index (χ3v) is 4.73. The first-order valence-electron chi connectivity index (χ1n) is 7.72. The molecule has 0 spiro atoms. The van der Waals surface area contributed by atoms with E-state index in [4.69, 9.17) is 0 Å². The molecule has 3 aromatic carbocycles. The largest absolute Gasteiger partial charge is 0.332 e. The second-order valence-corrected chi connectivity index (χ2v) is 6.56. The summed E-state index contributed by atoms with van der Waals surface area (Å²) < 4.78 is 14.0. The molecule has 0 radical (unpaired) electrons. The average Bonchev–Trinajstić information content (AvgIpc) is 3.05. The Kier molecular flexibility index (Phi) is 3.99. The van der Waals surface area contributed by atoms with Crippen molar-refractivity contribution in [2.45, 2.75) is 0 Å². The number of rotatable bonds is 4. The van der Waals surface area contributed by atoms with Gasteiger partial charge in [0.1, 0.15) is 5.82 Å². The molecular formula is C20H13FN2OS. The molecule has 1 heterocycles. The molecule has 0 atom stereocenters. The minimum atomic E-state index is -0.279. The number of carbonyl (C=O) groups excluding carboxylic acids is 1. The van der Waals surface area contributed by atoms with Gasteiger partial charge in [-0.15, -0.1) is 0 Å². The fourth-order valence-corrected chi connectivity index (χ4v) is 3.40. The zero-order chi connectivity index (χ0) is 17.2. The lowest BCUT2D eigenvalue weighted by Crippen LogP contribution is -2.00. The number of carbonyl (C=O) groups is 1. The van der Waals surface area contributed by atoms with Crippen LogP contribution in [0.4, 0.5) is 15.2 Å². The molecule has 4 rings (SSSR count). The zero-order valence-corrected chi connectivity index (χ0v) is 13.9. The summed E-state index contributed by atoms with van der Waals surface area (Å²) in [7, 11) is 0. The molecule has 4 aromatic rings. The molecule has 122 valence electrons. The third kappa shape index (κ3) is 3.27. The molecule has 0 aliphatic rings. The minimum absolute atomic E-state index is 0.0245. The van der Waals surface area contributed by atoms with Crippen molar-refractivity contribution in [3.63, 3.8) is 0 Å². The van der Waals surface area contributed by atoms with E-state index in [0.717, 1.165) is 15.9 Å². The Labute approximate surface area is 147 Å². The van der Waals surface area contributed by atoms with E-state index < -0.39 is 0 Å². The van der Waals surface area contributed by atoms with E-state index in [1.165, 1.54) is 23.5 Å². The highest BCUT2D eigenvalue weighted by molar-refractivity contribution is 7.22. The highest BCUT2D eigenvalue weighted by atomic mass is 32.1. The lowest BCUT2D eigenvalue weighted by atomic mass is 10.0. The maximum absolute atomic E-state index is 13.0. The average molecular weight is 348 g/mol. The Bertz CT molecular complexity index is 1040. The minimum Gasteiger partial charge on any atom is -0.332 e. The van der Waals surface area contributed by atoms with Gasteiger partial charge in [-0.05, 0) is 42.5 Å². The number of nitrogens with one attached hydrogen (secondary N) is 1. The van der Waals surface area contributed by atoms with Gasteiger partial charge in [-0.2, -0.15) is 0 Å². The molecule has 1 aromatic heterocycles. The molecule has 0 saturated carbocycles. The summed E-state index contributed by atoms with van der Waals surface area (Å²) in [4.78, 5) is 17.1. The molecular weight excluding hydrogens is 335 g/mol. The van der Waals surface area contributed by atoms with Gasteiger partial charge in [-0.25, -0.2) is 9.37 Å². The normalized spacial score (nSPS) is 10.8. The van der Waals surface area contributed by atoms with Gasteiger partial charge in [0.15, 0.2) is 10.9 Å². The number of thiazole rings is 1. The zero-order valence-electron chi connectivity index (χ0n) is 13.1. The number of hydrogen-bond donors (Lipinski definition) is 1.